The van der Waals surface area contributed by atoms with Gasteiger partial charge >= 0.3 is 12.0 Å². The molecule has 1 unspecified atom stereocenters. The molecule has 0 aromatic carbocycles. The number of nitrogens with zero attached hydrogens (tertiary/aromatic N) is 1. The van der Waals surface area contributed by atoms with Gasteiger partial charge < -0.3 is 20.1 Å². The van der Waals surface area contributed by atoms with Crippen LogP contribution in [-0.4, -0.2) is 54.4 Å². The van der Waals surface area contributed by atoms with Gasteiger partial charge in [0.05, 0.1) is 6.61 Å². The first-order valence-electron chi connectivity index (χ1n) is 7.17. The first-order valence-corrected chi connectivity index (χ1v) is 7.17. The normalized spacial score (nSPS) is 15.2. The van der Waals surface area contributed by atoms with Crippen molar-refractivity contribution in [2.45, 2.75) is 52.6 Å². The van der Waals surface area contributed by atoms with Crippen LogP contribution in [-0.2, 0) is 9.53 Å². The number of carbonyl (C=O) groups is 2. The van der Waals surface area contributed by atoms with Crippen molar-refractivity contribution in [1.82, 2.24) is 10.2 Å². The Morgan fingerprint density at radius 3 is 2.25 bits per heavy atom. The smallest absolute Gasteiger partial charge is 0.326 e. The Labute approximate surface area is 121 Å². The monoisotopic (exact) mass is 288 g/mol. The van der Waals surface area contributed by atoms with Crippen molar-refractivity contribution in [1.29, 1.82) is 0 Å². The summed E-state index contributed by atoms with van der Waals surface area (Å²) in [5.74, 6) is -1.11. The first-order chi connectivity index (χ1) is 9.38. The number of ether oxygens (including phenoxy) is 1. The number of rotatable bonds is 9. The topological polar surface area (TPSA) is 78.9 Å². The summed E-state index contributed by atoms with van der Waals surface area (Å²) >= 11 is 0. The molecule has 0 fully saturated rings. The molecule has 6 heteroatoms. The number of nitrogens with one attached hydrogen (secondary N) is 1. The van der Waals surface area contributed by atoms with Crippen LogP contribution >= 0.6 is 0 Å². The Morgan fingerprint density at radius 1 is 1.25 bits per heavy atom. The van der Waals surface area contributed by atoms with E-state index in [9.17, 15) is 14.7 Å². The minimum atomic E-state index is -0.997. The number of hydrogen-bond donors (Lipinski definition) is 2. The van der Waals surface area contributed by atoms with E-state index in [2.05, 4.69) is 5.32 Å². The third-order valence-corrected chi connectivity index (χ3v) is 3.68. The van der Waals surface area contributed by atoms with Gasteiger partial charge in [-0.05, 0) is 19.3 Å². The second kappa shape index (κ2) is 9.58. The number of urea groups is 1. The summed E-state index contributed by atoms with van der Waals surface area (Å²) in [6, 6.07) is -1.16. The summed E-state index contributed by atoms with van der Waals surface area (Å²) in [4.78, 5) is 25.2. The molecule has 2 amide bonds. The van der Waals surface area contributed by atoms with Gasteiger partial charge in [0.25, 0.3) is 0 Å². The Bertz CT molecular complexity index is 310. The highest BCUT2D eigenvalue weighted by Gasteiger charge is 2.28. The molecule has 0 spiro atoms. The van der Waals surface area contributed by atoms with Crippen LogP contribution in [0, 0.1) is 5.92 Å². The largest absolute Gasteiger partial charge is 0.480 e. The molecule has 20 heavy (non-hydrogen) atoms. The second-order valence-corrected chi connectivity index (χ2v) is 5.09. The average molecular weight is 288 g/mol. The minimum Gasteiger partial charge on any atom is -0.480 e. The number of carboxylic acid groups (broad SMARTS) is 1. The van der Waals surface area contributed by atoms with Gasteiger partial charge in [0.15, 0.2) is 0 Å². The molecular weight excluding hydrogens is 260 g/mol. The molecule has 118 valence electrons. The van der Waals surface area contributed by atoms with Gasteiger partial charge in [-0.3, -0.25) is 0 Å². The van der Waals surface area contributed by atoms with Gasteiger partial charge in [0.1, 0.15) is 6.04 Å². The molecule has 0 heterocycles. The van der Waals surface area contributed by atoms with E-state index in [0.717, 1.165) is 6.42 Å². The summed E-state index contributed by atoms with van der Waals surface area (Å²) in [7, 11) is 1.58. The predicted molar refractivity (Wildman–Crippen MR) is 77.7 cm³/mol. The number of methoxy groups -OCH3 is 1. The maximum atomic E-state index is 12.3. The summed E-state index contributed by atoms with van der Waals surface area (Å²) in [6.07, 6.45) is 1.50. The van der Waals surface area contributed by atoms with Crippen molar-refractivity contribution in [3.63, 3.8) is 0 Å². The Morgan fingerprint density at radius 2 is 1.85 bits per heavy atom. The number of amides is 2. The number of carboxylic acids is 1. The van der Waals surface area contributed by atoms with Crippen LogP contribution in [0.5, 0.6) is 0 Å². The molecule has 2 N–H and O–H groups in total. The molecular formula is C14H28N2O4. The predicted octanol–water partition coefficient (Wildman–Crippen LogP) is 1.94. The van der Waals surface area contributed by atoms with Gasteiger partial charge in [-0.15, -0.1) is 0 Å². The quantitative estimate of drug-likeness (QED) is 0.679. The molecule has 3 atom stereocenters. The van der Waals surface area contributed by atoms with Crippen molar-refractivity contribution in [3.05, 3.63) is 0 Å². The van der Waals surface area contributed by atoms with Crippen molar-refractivity contribution in [3.8, 4) is 0 Å². The first kappa shape index (κ1) is 18.7. The highest BCUT2D eigenvalue weighted by atomic mass is 16.5. The zero-order chi connectivity index (χ0) is 15.7. The fourth-order valence-corrected chi connectivity index (χ4v) is 1.83. The van der Waals surface area contributed by atoms with Crippen molar-refractivity contribution >= 4 is 12.0 Å². The lowest BCUT2D eigenvalue weighted by Crippen LogP contribution is -2.53. The fourth-order valence-electron chi connectivity index (χ4n) is 1.83. The minimum absolute atomic E-state index is 0.0385. The van der Waals surface area contributed by atoms with Gasteiger partial charge in [-0.1, -0.05) is 27.2 Å². The van der Waals surface area contributed by atoms with Gasteiger partial charge in [-0.25, -0.2) is 9.59 Å². The molecule has 6 nitrogen and oxygen atoms in total. The second-order valence-electron chi connectivity index (χ2n) is 5.09. The van der Waals surface area contributed by atoms with Gasteiger partial charge in [0, 0.05) is 19.7 Å². The van der Waals surface area contributed by atoms with E-state index in [1.165, 1.54) is 0 Å². The van der Waals surface area contributed by atoms with E-state index in [1.807, 2.05) is 27.7 Å². The highest BCUT2D eigenvalue weighted by Crippen LogP contribution is 2.10. The van der Waals surface area contributed by atoms with Crippen LogP contribution in [0.15, 0.2) is 0 Å². The summed E-state index contributed by atoms with van der Waals surface area (Å²) < 4.78 is 5.00. The van der Waals surface area contributed by atoms with Gasteiger partial charge in [-0.2, -0.15) is 0 Å². The van der Waals surface area contributed by atoms with Crippen LogP contribution in [0.1, 0.15) is 40.5 Å². The van der Waals surface area contributed by atoms with Crippen molar-refractivity contribution < 1.29 is 19.4 Å². The SMILES string of the molecule is CCC(C)N(CCOC)C(=O)N[C@H](C(=O)O)[C@@H](C)CC. The molecule has 0 aliphatic heterocycles. The lowest BCUT2D eigenvalue weighted by atomic mass is 9.99. The third kappa shape index (κ3) is 5.77. The Hall–Kier alpha value is -1.30. The molecule has 0 saturated heterocycles. The Kier molecular flexibility index (Phi) is 8.96. The number of aliphatic carboxylic acids is 1. The van der Waals surface area contributed by atoms with E-state index >= 15 is 0 Å². The van der Waals surface area contributed by atoms with Crippen molar-refractivity contribution in [2.24, 2.45) is 5.92 Å². The summed E-state index contributed by atoms with van der Waals surface area (Å²) in [6.45, 7) is 8.53. The molecule has 0 aliphatic rings. The number of hydrogen-bond acceptors (Lipinski definition) is 3. The van der Waals surface area contributed by atoms with E-state index in [0.29, 0.717) is 19.6 Å². The molecule has 0 aliphatic carbocycles. The summed E-state index contributed by atoms with van der Waals surface area (Å²) in [5, 5.41) is 11.8. The van der Waals surface area contributed by atoms with E-state index in [4.69, 9.17) is 4.74 Å². The van der Waals surface area contributed by atoms with E-state index in [-0.39, 0.29) is 18.0 Å². The maximum Gasteiger partial charge on any atom is 0.326 e. The lowest BCUT2D eigenvalue weighted by molar-refractivity contribution is -0.140. The van der Waals surface area contributed by atoms with Crippen LogP contribution < -0.4 is 5.32 Å². The highest BCUT2D eigenvalue weighted by molar-refractivity contribution is 5.83. The average Bonchev–Trinajstić information content (AvgIpc) is 2.43. The standard InChI is InChI=1S/C14H28N2O4/c1-6-10(3)12(13(17)18)15-14(19)16(8-9-20-5)11(4)7-2/h10-12H,6-9H2,1-5H3,(H,15,19)(H,17,18)/t10-,11?,12-/m0/s1. The van der Waals surface area contributed by atoms with Gasteiger partial charge in [0.2, 0.25) is 0 Å². The fraction of sp³-hybridized carbons (Fsp3) is 0.857. The number of carbonyl (C=O) groups excluding carboxylic acids is 1. The zero-order valence-electron chi connectivity index (χ0n) is 13.2. The molecule has 0 radical (unpaired) electrons. The molecule has 0 saturated carbocycles. The van der Waals surface area contributed by atoms with Crippen LogP contribution in [0.2, 0.25) is 0 Å². The lowest BCUT2D eigenvalue weighted by Gasteiger charge is -2.31. The van der Waals surface area contributed by atoms with E-state index < -0.39 is 12.0 Å². The maximum absolute atomic E-state index is 12.3. The Balaban J connectivity index is 4.82. The molecule has 0 aromatic rings. The van der Waals surface area contributed by atoms with Crippen LogP contribution in [0.4, 0.5) is 4.79 Å². The van der Waals surface area contributed by atoms with Crippen LogP contribution in [0.25, 0.3) is 0 Å². The van der Waals surface area contributed by atoms with Crippen molar-refractivity contribution in [2.75, 3.05) is 20.3 Å². The van der Waals surface area contributed by atoms with E-state index in [1.54, 1.807) is 12.0 Å². The van der Waals surface area contributed by atoms with Crippen LogP contribution in [0.3, 0.4) is 0 Å². The summed E-state index contributed by atoms with van der Waals surface area (Å²) in [5.41, 5.74) is 0. The molecule has 0 rings (SSSR count). The third-order valence-electron chi connectivity index (χ3n) is 3.68. The molecule has 0 aromatic heterocycles. The molecule has 0 bridgehead atoms. The zero-order valence-corrected chi connectivity index (χ0v) is 13.2.